The van der Waals surface area contributed by atoms with E-state index in [2.05, 4.69) is 30.9 Å². The third-order valence-corrected chi connectivity index (χ3v) is 4.72. The molecule has 3 aromatic rings. The normalized spacial score (nSPS) is 15.1. The number of alkyl halides is 3. The largest absolute Gasteiger partial charge is 0.454 e. The van der Waals surface area contributed by atoms with Crippen molar-refractivity contribution in [1.29, 1.82) is 0 Å². The molecule has 0 aliphatic carbocycles. The Morgan fingerprint density at radius 2 is 1.65 bits per heavy atom. The number of ether oxygens (including phenoxy) is 1. The molecule has 3 N–H and O–H groups in total. The maximum Gasteiger partial charge on any atom is 0.422 e. The molecular weight excluding hydrogens is 449 g/mol. The lowest BCUT2D eigenvalue weighted by atomic mass is 10.1. The van der Waals surface area contributed by atoms with E-state index in [1.807, 2.05) is 36.4 Å². The highest BCUT2D eigenvalue weighted by Gasteiger charge is 2.29. The van der Waals surface area contributed by atoms with Gasteiger partial charge in [-0.3, -0.25) is 4.79 Å². The van der Waals surface area contributed by atoms with E-state index in [-0.39, 0.29) is 17.8 Å². The van der Waals surface area contributed by atoms with Gasteiger partial charge in [0.15, 0.2) is 6.61 Å². The standard InChI is InChI=1S/C23H21F3N6O2/c24-23(25,26)14-34-22-31-20-28-13-16-6-4-15(5-7-16)3-1-2-12-27-19(33)17-8-10-18(11-9-17)29-21(30-20)32-22/h1,3-11H,2,12-14H2,(H,27,33)(H2,28,29,30,31,32)/b3-1+. The Kier molecular flexibility index (Phi) is 6.90. The molecule has 0 atom stereocenters. The summed E-state index contributed by atoms with van der Waals surface area (Å²) in [5.74, 6) is -0.181. The molecule has 7 rings (SSSR count). The van der Waals surface area contributed by atoms with Gasteiger partial charge in [-0.05, 0) is 41.8 Å². The summed E-state index contributed by atoms with van der Waals surface area (Å²) in [7, 11) is 0. The van der Waals surface area contributed by atoms with Gasteiger partial charge in [0.2, 0.25) is 11.9 Å². The molecule has 0 fully saturated rings. The zero-order chi connectivity index (χ0) is 24.0. The van der Waals surface area contributed by atoms with Crippen LogP contribution in [0.3, 0.4) is 0 Å². The minimum atomic E-state index is -4.54. The van der Waals surface area contributed by atoms with Crippen molar-refractivity contribution < 1.29 is 22.7 Å². The third kappa shape index (κ3) is 6.67. The molecule has 0 saturated heterocycles. The molecule has 0 unspecified atom stereocenters. The van der Waals surface area contributed by atoms with Crippen LogP contribution in [0.4, 0.5) is 30.8 Å². The van der Waals surface area contributed by atoms with Crippen LogP contribution in [0, 0.1) is 0 Å². The lowest BCUT2D eigenvalue weighted by molar-refractivity contribution is -0.154. The Morgan fingerprint density at radius 1 is 0.912 bits per heavy atom. The van der Waals surface area contributed by atoms with Crippen molar-refractivity contribution in [2.45, 2.75) is 19.1 Å². The number of aromatic nitrogens is 3. The Bertz CT molecular complexity index is 1160. The summed E-state index contributed by atoms with van der Waals surface area (Å²) in [5, 5.41) is 8.74. The van der Waals surface area contributed by atoms with E-state index < -0.39 is 18.8 Å². The van der Waals surface area contributed by atoms with Crippen molar-refractivity contribution in [3.8, 4) is 6.01 Å². The zero-order valence-electron chi connectivity index (χ0n) is 17.9. The van der Waals surface area contributed by atoms with E-state index in [4.69, 9.17) is 4.74 Å². The maximum atomic E-state index is 12.6. The molecule has 4 aliphatic rings. The molecule has 1 amide bonds. The number of anilines is 3. The van der Waals surface area contributed by atoms with E-state index in [1.54, 1.807) is 24.3 Å². The molecule has 5 heterocycles. The van der Waals surface area contributed by atoms with Gasteiger partial charge in [0.05, 0.1) is 0 Å². The van der Waals surface area contributed by atoms with Crippen molar-refractivity contribution >= 4 is 29.6 Å². The van der Waals surface area contributed by atoms with Gasteiger partial charge in [0.25, 0.3) is 5.91 Å². The Balaban J connectivity index is 1.63. The van der Waals surface area contributed by atoms with Crippen LogP contribution in [0.1, 0.15) is 27.9 Å². The number of carbonyl (C=O) groups excluding carboxylic acids is 1. The van der Waals surface area contributed by atoms with Crippen LogP contribution in [0.15, 0.2) is 54.6 Å². The minimum Gasteiger partial charge on any atom is -0.454 e. The van der Waals surface area contributed by atoms with Gasteiger partial charge in [-0.25, -0.2) is 0 Å². The first-order valence-corrected chi connectivity index (χ1v) is 10.4. The molecule has 8 nitrogen and oxygen atoms in total. The van der Waals surface area contributed by atoms with Crippen LogP contribution in [-0.2, 0) is 6.54 Å². The highest BCUT2D eigenvalue weighted by Crippen LogP contribution is 2.21. The van der Waals surface area contributed by atoms with Gasteiger partial charge in [-0.1, -0.05) is 36.4 Å². The third-order valence-electron chi connectivity index (χ3n) is 4.72. The topological polar surface area (TPSA) is 101 Å². The van der Waals surface area contributed by atoms with Gasteiger partial charge >= 0.3 is 12.2 Å². The van der Waals surface area contributed by atoms with Crippen LogP contribution in [-0.4, -0.2) is 40.2 Å². The molecule has 2 aromatic carbocycles. The van der Waals surface area contributed by atoms with E-state index in [0.29, 0.717) is 30.8 Å². The van der Waals surface area contributed by atoms with Crippen molar-refractivity contribution in [1.82, 2.24) is 20.3 Å². The molecule has 4 aliphatic heterocycles. The molecule has 11 heteroatoms. The number of hydrogen-bond donors (Lipinski definition) is 3. The molecule has 0 saturated carbocycles. The summed E-state index contributed by atoms with van der Waals surface area (Å²) in [5.41, 5.74) is 2.91. The number of rotatable bonds is 2. The van der Waals surface area contributed by atoms with Crippen LogP contribution in [0.5, 0.6) is 6.01 Å². The fourth-order valence-corrected chi connectivity index (χ4v) is 3.05. The van der Waals surface area contributed by atoms with E-state index in [0.717, 1.165) is 11.1 Å². The quantitative estimate of drug-likeness (QED) is 0.513. The molecule has 0 spiro atoms. The Hall–Kier alpha value is -4.15. The van der Waals surface area contributed by atoms with Crippen molar-refractivity contribution in [3.05, 3.63) is 71.3 Å². The Morgan fingerprint density at radius 3 is 2.38 bits per heavy atom. The number of hydrogen-bond acceptors (Lipinski definition) is 7. The van der Waals surface area contributed by atoms with Crippen molar-refractivity contribution in [2.75, 3.05) is 23.8 Å². The van der Waals surface area contributed by atoms with E-state index >= 15 is 0 Å². The lowest BCUT2D eigenvalue weighted by Crippen LogP contribution is -2.24. The lowest BCUT2D eigenvalue weighted by Gasteiger charge is -2.12. The first kappa shape index (κ1) is 23.0. The molecular formula is C23H21F3N6O2. The van der Waals surface area contributed by atoms with Crippen LogP contribution in [0.2, 0.25) is 0 Å². The molecule has 34 heavy (non-hydrogen) atoms. The molecule has 6 bridgehead atoms. The fraction of sp³-hybridized carbons (Fsp3) is 0.217. The summed E-state index contributed by atoms with van der Waals surface area (Å²) in [6.45, 7) is -0.701. The summed E-state index contributed by atoms with van der Waals surface area (Å²) >= 11 is 0. The highest BCUT2D eigenvalue weighted by atomic mass is 19.4. The number of nitrogens with one attached hydrogen (secondary N) is 3. The van der Waals surface area contributed by atoms with E-state index in [1.165, 1.54) is 0 Å². The predicted molar refractivity (Wildman–Crippen MR) is 121 cm³/mol. The average Bonchev–Trinajstić information content (AvgIpc) is 2.81. The van der Waals surface area contributed by atoms with Crippen molar-refractivity contribution in [3.63, 3.8) is 0 Å². The van der Waals surface area contributed by atoms with Crippen molar-refractivity contribution in [2.24, 2.45) is 0 Å². The first-order valence-electron chi connectivity index (χ1n) is 10.4. The fourth-order valence-electron chi connectivity index (χ4n) is 3.05. The second-order valence-electron chi connectivity index (χ2n) is 7.41. The first-order chi connectivity index (χ1) is 16.3. The number of benzene rings is 2. The zero-order valence-corrected chi connectivity index (χ0v) is 17.9. The van der Waals surface area contributed by atoms with Crippen LogP contribution < -0.4 is 20.7 Å². The van der Waals surface area contributed by atoms with Gasteiger partial charge in [0.1, 0.15) is 0 Å². The molecule has 0 radical (unpaired) electrons. The van der Waals surface area contributed by atoms with Gasteiger partial charge in [-0.15, -0.1) is 0 Å². The second-order valence-corrected chi connectivity index (χ2v) is 7.41. The highest BCUT2D eigenvalue weighted by molar-refractivity contribution is 5.94. The summed E-state index contributed by atoms with van der Waals surface area (Å²) < 4.78 is 42.6. The second kappa shape index (κ2) is 10.2. The van der Waals surface area contributed by atoms with Gasteiger partial charge < -0.3 is 20.7 Å². The number of amides is 1. The summed E-state index contributed by atoms with van der Waals surface area (Å²) in [4.78, 5) is 24.4. The SMILES string of the molecule is O=C1NCC/C=C/c2ccc(cc2)CNc2nc(nc(OCC(F)(F)F)n2)Nc2ccc1cc2. The smallest absolute Gasteiger partial charge is 0.422 e. The van der Waals surface area contributed by atoms with Crippen LogP contribution >= 0.6 is 0 Å². The van der Waals surface area contributed by atoms with Gasteiger partial charge in [0, 0.05) is 24.3 Å². The molecule has 1 aromatic heterocycles. The summed E-state index contributed by atoms with van der Waals surface area (Å²) in [6, 6.07) is 13.7. The van der Waals surface area contributed by atoms with E-state index in [9.17, 15) is 18.0 Å². The minimum absolute atomic E-state index is 0.0123. The maximum absolute atomic E-state index is 12.6. The van der Waals surface area contributed by atoms with Gasteiger partial charge in [-0.2, -0.15) is 28.1 Å². The average molecular weight is 470 g/mol. The number of nitrogens with zero attached hydrogens (tertiary/aromatic N) is 3. The Labute approximate surface area is 193 Å². The molecule has 176 valence electrons. The summed E-state index contributed by atoms with van der Waals surface area (Å²) in [6.07, 6.45) is 0.0897. The predicted octanol–water partition coefficient (Wildman–Crippen LogP) is 4.32. The monoisotopic (exact) mass is 470 g/mol. The van der Waals surface area contributed by atoms with Crippen LogP contribution in [0.25, 0.3) is 6.08 Å². The number of halogens is 3. The number of carbonyl (C=O) groups is 1.